The van der Waals surface area contributed by atoms with E-state index < -0.39 is 41.1 Å². The van der Waals surface area contributed by atoms with Gasteiger partial charge in [-0.25, -0.2) is 0 Å². The molecule has 2 fully saturated rings. The molecule has 0 aromatic heterocycles. The average molecular weight is 312 g/mol. The Kier molecular flexibility index (Phi) is 3.17. The van der Waals surface area contributed by atoms with Crippen molar-refractivity contribution in [1.29, 1.82) is 5.26 Å². The van der Waals surface area contributed by atoms with Gasteiger partial charge in [-0.05, 0) is 38.0 Å². The lowest BCUT2D eigenvalue weighted by Gasteiger charge is -2.29. The van der Waals surface area contributed by atoms with Crippen molar-refractivity contribution in [3.8, 4) is 6.07 Å². The smallest absolute Gasteiger partial charge is 0.390 e. The predicted octanol–water partition coefficient (Wildman–Crippen LogP) is 2.25. The number of benzene rings is 1. The van der Waals surface area contributed by atoms with E-state index in [1.807, 2.05) is 0 Å². The van der Waals surface area contributed by atoms with Gasteiger partial charge in [-0.15, -0.1) is 0 Å². The van der Waals surface area contributed by atoms with Gasteiger partial charge < -0.3 is 15.1 Å². The van der Waals surface area contributed by atoms with Crippen LogP contribution in [-0.2, 0) is 6.18 Å². The lowest BCUT2D eigenvalue weighted by molar-refractivity contribution is -0.137. The second-order valence-electron chi connectivity index (χ2n) is 6.04. The monoisotopic (exact) mass is 312 g/mol. The van der Waals surface area contributed by atoms with Crippen LogP contribution in [0.25, 0.3) is 0 Å². The van der Waals surface area contributed by atoms with Crippen LogP contribution in [0.1, 0.15) is 30.9 Å². The maximum Gasteiger partial charge on any atom is 0.417 e. The Morgan fingerprint density at radius 3 is 2.41 bits per heavy atom. The fourth-order valence-electron chi connectivity index (χ4n) is 3.38. The molecule has 118 valence electrons. The van der Waals surface area contributed by atoms with Gasteiger partial charge in [0.05, 0.1) is 29.3 Å². The van der Waals surface area contributed by atoms with E-state index in [4.69, 9.17) is 5.26 Å². The van der Waals surface area contributed by atoms with E-state index in [9.17, 15) is 23.4 Å². The van der Waals surface area contributed by atoms with E-state index in [2.05, 4.69) is 0 Å². The number of halogens is 3. The zero-order valence-corrected chi connectivity index (χ0v) is 11.8. The summed E-state index contributed by atoms with van der Waals surface area (Å²) >= 11 is 0. The molecule has 7 heteroatoms. The zero-order valence-electron chi connectivity index (χ0n) is 11.8. The van der Waals surface area contributed by atoms with E-state index in [1.54, 1.807) is 6.92 Å². The average Bonchev–Trinajstić information content (AvgIpc) is 3.24. The number of hydrogen-bond acceptors (Lipinski definition) is 4. The van der Waals surface area contributed by atoms with Crippen molar-refractivity contribution in [2.75, 3.05) is 4.90 Å². The summed E-state index contributed by atoms with van der Waals surface area (Å²) < 4.78 is 39.2. The molecule has 0 amide bonds. The van der Waals surface area contributed by atoms with E-state index >= 15 is 0 Å². The van der Waals surface area contributed by atoms with Crippen molar-refractivity contribution in [2.45, 2.75) is 44.3 Å². The fourth-order valence-corrected chi connectivity index (χ4v) is 3.38. The summed E-state index contributed by atoms with van der Waals surface area (Å²) in [4.78, 5) is 1.41. The standard InChI is InChI=1S/C15H15F3N2O2/c1-8-12(21)14(4-5-14)13(22)20(8)10-3-2-9(7-19)11(6-10)15(16,17)18/h2-3,6,8,12-13,21-22H,4-5H2,1H3/t8-,12+,13?/m0/s1. The van der Waals surface area contributed by atoms with Crippen molar-refractivity contribution >= 4 is 5.69 Å². The fraction of sp³-hybridized carbons (Fsp3) is 0.533. The summed E-state index contributed by atoms with van der Waals surface area (Å²) in [6, 6.07) is 4.38. The van der Waals surface area contributed by atoms with Crippen molar-refractivity contribution < 1.29 is 23.4 Å². The molecule has 1 saturated heterocycles. The highest BCUT2D eigenvalue weighted by Crippen LogP contribution is 2.59. The van der Waals surface area contributed by atoms with E-state index in [1.165, 1.54) is 17.0 Å². The Morgan fingerprint density at radius 2 is 1.95 bits per heavy atom. The number of aliphatic hydroxyl groups excluding tert-OH is 2. The third-order valence-electron chi connectivity index (χ3n) is 4.82. The van der Waals surface area contributed by atoms with Crippen LogP contribution in [-0.4, -0.2) is 28.6 Å². The van der Waals surface area contributed by atoms with Crippen LogP contribution in [0.2, 0.25) is 0 Å². The molecule has 22 heavy (non-hydrogen) atoms. The van der Waals surface area contributed by atoms with Crippen molar-refractivity contribution in [2.24, 2.45) is 5.41 Å². The minimum Gasteiger partial charge on any atom is -0.390 e. The molecule has 1 unspecified atom stereocenters. The molecule has 1 spiro atoms. The highest BCUT2D eigenvalue weighted by molar-refractivity contribution is 5.57. The van der Waals surface area contributed by atoms with Gasteiger partial charge in [0.25, 0.3) is 0 Å². The first kappa shape index (κ1) is 15.1. The van der Waals surface area contributed by atoms with Gasteiger partial charge in [-0.1, -0.05) is 0 Å². The predicted molar refractivity (Wildman–Crippen MR) is 71.8 cm³/mol. The van der Waals surface area contributed by atoms with Crippen LogP contribution < -0.4 is 4.90 Å². The first-order chi connectivity index (χ1) is 10.2. The maximum absolute atomic E-state index is 13.1. The normalized spacial score (nSPS) is 29.7. The molecule has 4 nitrogen and oxygen atoms in total. The van der Waals surface area contributed by atoms with Gasteiger partial charge in [0.1, 0.15) is 6.23 Å². The van der Waals surface area contributed by atoms with E-state index in [-0.39, 0.29) is 5.69 Å². The van der Waals surface area contributed by atoms with Crippen LogP contribution in [0.5, 0.6) is 0 Å². The number of aliphatic hydroxyl groups is 2. The third-order valence-corrected chi connectivity index (χ3v) is 4.82. The highest BCUT2D eigenvalue weighted by atomic mass is 19.4. The van der Waals surface area contributed by atoms with Crippen LogP contribution in [0.15, 0.2) is 18.2 Å². The molecule has 3 atom stereocenters. The summed E-state index contributed by atoms with van der Waals surface area (Å²) in [5, 5.41) is 29.5. The Hall–Kier alpha value is -1.78. The van der Waals surface area contributed by atoms with E-state index in [0.717, 1.165) is 12.1 Å². The second-order valence-corrected chi connectivity index (χ2v) is 6.04. The molecule has 2 N–H and O–H groups in total. The summed E-state index contributed by atoms with van der Waals surface area (Å²) in [6.07, 6.45) is -5.15. The Morgan fingerprint density at radius 1 is 1.32 bits per heavy atom. The third kappa shape index (κ3) is 1.98. The highest BCUT2D eigenvalue weighted by Gasteiger charge is 2.64. The lowest BCUT2D eigenvalue weighted by Crippen LogP contribution is -2.37. The minimum atomic E-state index is -4.65. The summed E-state index contributed by atoms with van der Waals surface area (Å²) in [7, 11) is 0. The Bertz CT molecular complexity index is 649. The van der Waals surface area contributed by atoms with E-state index in [0.29, 0.717) is 12.8 Å². The lowest BCUT2D eigenvalue weighted by atomic mass is 9.99. The van der Waals surface area contributed by atoms with Crippen LogP contribution in [0, 0.1) is 16.7 Å². The van der Waals surface area contributed by atoms with Gasteiger partial charge >= 0.3 is 6.18 Å². The molecule has 1 aromatic carbocycles. The quantitative estimate of drug-likeness (QED) is 0.834. The van der Waals surface area contributed by atoms with Crippen molar-refractivity contribution in [1.82, 2.24) is 0 Å². The Balaban J connectivity index is 2.05. The van der Waals surface area contributed by atoms with Gasteiger partial charge in [0, 0.05) is 11.1 Å². The molecular weight excluding hydrogens is 297 g/mol. The first-order valence-electron chi connectivity index (χ1n) is 6.98. The zero-order chi connectivity index (χ0) is 16.3. The number of nitriles is 1. The number of anilines is 1. The molecule has 1 aromatic rings. The summed E-state index contributed by atoms with van der Waals surface area (Å²) in [5.74, 6) is 0. The molecule has 0 radical (unpaired) electrons. The molecule has 0 bridgehead atoms. The van der Waals surface area contributed by atoms with Crippen molar-refractivity contribution in [3.05, 3.63) is 29.3 Å². The minimum absolute atomic E-state index is 0.161. The summed E-state index contributed by atoms with van der Waals surface area (Å²) in [5.41, 5.74) is -1.96. The topological polar surface area (TPSA) is 67.5 Å². The van der Waals surface area contributed by atoms with Crippen LogP contribution in [0.3, 0.4) is 0 Å². The SMILES string of the molecule is C[C@H]1[C@@H](O)C2(CC2)C(O)N1c1ccc(C#N)c(C(F)(F)F)c1. The molecule has 1 heterocycles. The van der Waals surface area contributed by atoms with Gasteiger partial charge in [0.2, 0.25) is 0 Å². The maximum atomic E-state index is 13.1. The van der Waals surface area contributed by atoms with Crippen LogP contribution >= 0.6 is 0 Å². The molecule has 3 rings (SSSR count). The van der Waals surface area contributed by atoms with Gasteiger partial charge in [0.15, 0.2) is 0 Å². The number of rotatable bonds is 1. The summed E-state index contributed by atoms with van der Waals surface area (Å²) in [6.45, 7) is 1.67. The largest absolute Gasteiger partial charge is 0.417 e. The second kappa shape index (κ2) is 4.61. The van der Waals surface area contributed by atoms with Crippen LogP contribution in [0.4, 0.5) is 18.9 Å². The number of alkyl halides is 3. The van der Waals surface area contributed by atoms with Crippen molar-refractivity contribution in [3.63, 3.8) is 0 Å². The Labute approximate surface area is 125 Å². The van der Waals surface area contributed by atoms with Gasteiger partial charge in [-0.3, -0.25) is 0 Å². The van der Waals surface area contributed by atoms with Gasteiger partial charge in [-0.2, -0.15) is 18.4 Å². The number of hydrogen-bond donors (Lipinski definition) is 2. The molecule has 1 aliphatic carbocycles. The molecule has 1 saturated carbocycles. The molecule has 2 aliphatic rings. The molecular formula is C15H15F3N2O2. The number of nitrogens with zero attached hydrogens (tertiary/aromatic N) is 2. The molecule has 1 aliphatic heterocycles. The first-order valence-corrected chi connectivity index (χ1v) is 6.98.